The molecule has 1 rings (SSSR count). The van der Waals surface area contributed by atoms with Crippen LogP contribution in [-0.2, 0) is 16.0 Å². The zero-order valence-corrected chi connectivity index (χ0v) is 12.7. The molecule has 0 spiro atoms. The van der Waals surface area contributed by atoms with Crippen LogP contribution in [0.2, 0.25) is 0 Å². The lowest BCUT2D eigenvalue weighted by molar-refractivity contribution is -0.124. The van der Waals surface area contributed by atoms with Crippen molar-refractivity contribution in [3.8, 4) is 0 Å². The highest BCUT2D eigenvalue weighted by Gasteiger charge is 2.10. The molecule has 0 saturated heterocycles. The Balaban J connectivity index is 2.53. The van der Waals surface area contributed by atoms with E-state index in [4.69, 9.17) is 0 Å². The van der Waals surface area contributed by atoms with Gasteiger partial charge in [0.1, 0.15) is 0 Å². The van der Waals surface area contributed by atoms with Crippen molar-refractivity contribution in [2.45, 2.75) is 40.5 Å². The first-order valence-corrected chi connectivity index (χ1v) is 7.11. The van der Waals surface area contributed by atoms with Gasteiger partial charge in [0.25, 0.3) is 0 Å². The highest BCUT2D eigenvalue weighted by molar-refractivity contribution is 5.92. The monoisotopic (exact) mass is 276 g/mol. The van der Waals surface area contributed by atoms with E-state index in [1.54, 1.807) is 0 Å². The Hall–Kier alpha value is -1.84. The Morgan fingerprint density at radius 1 is 1.25 bits per heavy atom. The van der Waals surface area contributed by atoms with Crippen molar-refractivity contribution < 1.29 is 9.59 Å². The molecule has 0 aromatic heterocycles. The number of hydrogen-bond acceptors (Lipinski definition) is 2. The van der Waals surface area contributed by atoms with Gasteiger partial charge in [-0.1, -0.05) is 39.0 Å². The van der Waals surface area contributed by atoms with Crippen LogP contribution < -0.4 is 10.6 Å². The molecule has 0 aliphatic carbocycles. The van der Waals surface area contributed by atoms with Gasteiger partial charge in [0.15, 0.2) is 0 Å². The number of rotatable bonds is 6. The Labute approximate surface area is 121 Å². The molecule has 20 heavy (non-hydrogen) atoms. The van der Waals surface area contributed by atoms with Crippen molar-refractivity contribution in [1.29, 1.82) is 0 Å². The number of benzene rings is 1. The molecule has 0 aliphatic heterocycles. The summed E-state index contributed by atoms with van der Waals surface area (Å²) in [6.07, 6.45) is 1.16. The molecule has 0 aliphatic rings. The summed E-state index contributed by atoms with van der Waals surface area (Å²) in [4.78, 5) is 23.3. The van der Waals surface area contributed by atoms with Crippen LogP contribution in [-0.4, -0.2) is 18.4 Å². The van der Waals surface area contributed by atoms with E-state index in [-0.39, 0.29) is 24.2 Å². The van der Waals surface area contributed by atoms with E-state index in [0.717, 1.165) is 23.2 Å². The lowest BCUT2D eigenvalue weighted by Gasteiger charge is -2.13. The summed E-state index contributed by atoms with van der Waals surface area (Å²) in [6.45, 7) is 8.07. The average Bonchev–Trinajstić information content (AvgIpc) is 2.40. The predicted molar refractivity (Wildman–Crippen MR) is 81.7 cm³/mol. The average molecular weight is 276 g/mol. The third-order valence-electron chi connectivity index (χ3n) is 3.18. The second-order valence-corrected chi connectivity index (χ2v) is 5.21. The topological polar surface area (TPSA) is 58.2 Å². The Kier molecular flexibility index (Phi) is 6.22. The summed E-state index contributed by atoms with van der Waals surface area (Å²) in [5.41, 5.74) is 3.09. The summed E-state index contributed by atoms with van der Waals surface area (Å²) in [6, 6.07) is 5.99. The van der Waals surface area contributed by atoms with Gasteiger partial charge in [-0.05, 0) is 24.5 Å². The van der Waals surface area contributed by atoms with Gasteiger partial charge in [0, 0.05) is 24.6 Å². The maximum Gasteiger partial charge on any atom is 0.226 e. The molecule has 0 fully saturated rings. The van der Waals surface area contributed by atoms with Gasteiger partial charge in [0.2, 0.25) is 11.8 Å². The van der Waals surface area contributed by atoms with Gasteiger partial charge in [-0.15, -0.1) is 0 Å². The van der Waals surface area contributed by atoms with Crippen LogP contribution in [0.15, 0.2) is 18.2 Å². The van der Waals surface area contributed by atoms with Crippen LogP contribution in [0.5, 0.6) is 0 Å². The Morgan fingerprint density at radius 3 is 2.55 bits per heavy atom. The van der Waals surface area contributed by atoms with E-state index in [1.807, 2.05) is 39.0 Å². The number of anilines is 1. The van der Waals surface area contributed by atoms with Crippen LogP contribution >= 0.6 is 0 Å². The maximum atomic E-state index is 11.9. The smallest absolute Gasteiger partial charge is 0.226 e. The van der Waals surface area contributed by atoms with Crippen LogP contribution in [0.3, 0.4) is 0 Å². The van der Waals surface area contributed by atoms with E-state index in [0.29, 0.717) is 6.54 Å². The lowest BCUT2D eigenvalue weighted by Crippen LogP contribution is -2.30. The van der Waals surface area contributed by atoms with Crippen molar-refractivity contribution in [1.82, 2.24) is 5.32 Å². The molecule has 0 unspecified atom stereocenters. The van der Waals surface area contributed by atoms with E-state index < -0.39 is 0 Å². The fraction of sp³-hybridized carbons (Fsp3) is 0.500. The fourth-order valence-electron chi connectivity index (χ4n) is 1.91. The molecular formula is C16H24N2O2. The summed E-state index contributed by atoms with van der Waals surface area (Å²) in [5, 5.41) is 5.68. The molecule has 0 bridgehead atoms. The minimum atomic E-state index is -0.0712. The molecule has 0 saturated carbocycles. The molecule has 0 atom stereocenters. The largest absolute Gasteiger partial charge is 0.355 e. The van der Waals surface area contributed by atoms with Crippen LogP contribution in [0, 0.1) is 12.8 Å². The minimum Gasteiger partial charge on any atom is -0.355 e. The first kappa shape index (κ1) is 16.2. The van der Waals surface area contributed by atoms with Crippen molar-refractivity contribution >= 4 is 17.5 Å². The van der Waals surface area contributed by atoms with Crippen LogP contribution in [0.4, 0.5) is 5.69 Å². The predicted octanol–water partition coefficient (Wildman–Crippen LogP) is 2.66. The number of nitrogens with one attached hydrogen (secondary N) is 2. The number of para-hydroxylation sites is 1. The van der Waals surface area contributed by atoms with Gasteiger partial charge in [-0.2, -0.15) is 0 Å². The standard InChI is InChI=1S/C16H24N2O2/c1-5-13-8-6-7-12(4)15(13)18-14(19)9-10-17-16(20)11(2)3/h6-8,11H,5,9-10H2,1-4H3,(H,17,20)(H,18,19). The second-order valence-electron chi connectivity index (χ2n) is 5.21. The summed E-state index contributed by atoms with van der Waals surface area (Å²) < 4.78 is 0. The quantitative estimate of drug-likeness (QED) is 0.839. The molecule has 1 aromatic carbocycles. The van der Waals surface area contributed by atoms with Gasteiger partial charge in [0.05, 0.1) is 0 Å². The van der Waals surface area contributed by atoms with Gasteiger partial charge >= 0.3 is 0 Å². The first-order chi connectivity index (χ1) is 9.45. The summed E-state index contributed by atoms with van der Waals surface area (Å²) >= 11 is 0. The maximum absolute atomic E-state index is 11.9. The van der Waals surface area contributed by atoms with E-state index in [2.05, 4.69) is 17.6 Å². The molecule has 2 N–H and O–H groups in total. The van der Waals surface area contributed by atoms with E-state index >= 15 is 0 Å². The molecule has 4 nitrogen and oxygen atoms in total. The Bertz CT molecular complexity index is 481. The summed E-state index contributed by atoms with van der Waals surface area (Å²) in [5.74, 6) is -0.151. The van der Waals surface area contributed by atoms with Gasteiger partial charge in [-0.25, -0.2) is 0 Å². The Morgan fingerprint density at radius 2 is 1.95 bits per heavy atom. The van der Waals surface area contributed by atoms with Crippen molar-refractivity contribution in [3.63, 3.8) is 0 Å². The highest BCUT2D eigenvalue weighted by Crippen LogP contribution is 2.21. The van der Waals surface area contributed by atoms with Crippen molar-refractivity contribution in [2.24, 2.45) is 5.92 Å². The zero-order chi connectivity index (χ0) is 15.1. The molecule has 110 valence electrons. The number of hydrogen-bond donors (Lipinski definition) is 2. The third-order valence-corrected chi connectivity index (χ3v) is 3.18. The fourth-order valence-corrected chi connectivity index (χ4v) is 1.91. The molecule has 0 radical (unpaired) electrons. The molecular weight excluding hydrogens is 252 g/mol. The van der Waals surface area contributed by atoms with Gasteiger partial charge in [-0.3, -0.25) is 9.59 Å². The molecule has 0 heterocycles. The minimum absolute atomic E-state index is 0.0251. The van der Waals surface area contributed by atoms with Crippen LogP contribution in [0.25, 0.3) is 0 Å². The number of carbonyl (C=O) groups is 2. The van der Waals surface area contributed by atoms with Crippen molar-refractivity contribution in [3.05, 3.63) is 29.3 Å². The third kappa shape index (κ3) is 4.68. The normalized spacial score (nSPS) is 10.4. The highest BCUT2D eigenvalue weighted by atomic mass is 16.2. The zero-order valence-electron chi connectivity index (χ0n) is 12.7. The van der Waals surface area contributed by atoms with Gasteiger partial charge < -0.3 is 10.6 Å². The molecule has 4 heteroatoms. The number of carbonyl (C=O) groups excluding carboxylic acids is 2. The molecule has 2 amide bonds. The summed E-state index contributed by atoms with van der Waals surface area (Å²) in [7, 11) is 0. The van der Waals surface area contributed by atoms with Crippen molar-refractivity contribution in [2.75, 3.05) is 11.9 Å². The second kappa shape index (κ2) is 7.68. The molecule has 1 aromatic rings. The van der Waals surface area contributed by atoms with E-state index in [1.165, 1.54) is 0 Å². The number of amides is 2. The lowest BCUT2D eigenvalue weighted by atomic mass is 10.1. The SMILES string of the molecule is CCc1cccc(C)c1NC(=O)CCNC(=O)C(C)C. The van der Waals surface area contributed by atoms with E-state index in [9.17, 15) is 9.59 Å². The van der Waals surface area contributed by atoms with Crippen LogP contribution in [0.1, 0.15) is 38.3 Å². The first-order valence-electron chi connectivity index (χ1n) is 7.11. The number of aryl methyl sites for hydroxylation is 2.